The molecule has 18 heavy (non-hydrogen) atoms. The Morgan fingerprint density at radius 3 is 1.83 bits per heavy atom. The molecule has 0 heterocycles. The molecule has 0 bridgehead atoms. The minimum Gasteiger partial charge on any atom is -0.383 e. The van der Waals surface area contributed by atoms with E-state index in [2.05, 4.69) is 19.2 Å². The molecule has 0 aliphatic heterocycles. The van der Waals surface area contributed by atoms with E-state index in [4.69, 9.17) is 4.74 Å². The fourth-order valence-electron chi connectivity index (χ4n) is 2.27. The summed E-state index contributed by atoms with van der Waals surface area (Å²) in [6.07, 6.45) is 14.1. The van der Waals surface area contributed by atoms with Gasteiger partial charge in [0, 0.05) is 13.2 Å². The monoisotopic (exact) mass is 257 g/mol. The largest absolute Gasteiger partial charge is 0.383 e. The van der Waals surface area contributed by atoms with Gasteiger partial charge in [-0.2, -0.15) is 0 Å². The van der Waals surface area contributed by atoms with Crippen LogP contribution in [0.3, 0.4) is 0 Å². The highest BCUT2D eigenvalue weighted by atomic mass is 16.5. The average Bonchev–Trinajstić information content (AvgIpc) is 2.36. The van der Waals surface area contributed by atoms with E-state index in [9.17, 15) is 0 Å². The van der Waals surface area contributed by atoms with Crippen LogP contribution in [0.1, 0.15) is 78.1 Å². The van der Waals surface area contributed by atoms with Crippen molar-refractivity contribution < 1.29 is 4.74 Å². The Labute approximate surface area is 115 Å². The zero-order valence-electron chi connectivity index (χ0n) is 13.0. The Morgan fingerprint density at radius 1 is 0.833 bits per heavy atom. The van der Waals surface area contributed by atoms with Crippen LogP contribution < -0.4 is 5.32 Å². The van der Waals surface area contributed by atoms with E-state index >= 15 is 0 Å². The first-order valence-corrected chi connectivity index (χ1v) is 8.03. The molecule has 0 spiro atoms. The van der Waals surface area contributed by atoms with Crippen molar-refractivity contribution in [3.05, 3.63) is 0 Å². The SMILES string of the molecule is CCCCCCCCCCCCNC(C)COC. The molecular weight excluding hydrogens is 222 g/mol. The molecule has 0 fully saturated rings. The highest BCUT2D eigenvalue weighted by molar-refractivity contribution is 4.58. The maximum atomic E-state index is 5.09. The van der Waals surface area contributed by atoms with E-state index < -0.39 is 0 Å². The maximum absolute atomic E-state index is 5.09. The van der Waals surface area contributed by atoms with E-state index in [1.807, 2.05) is 0 Å². The molecule has 0 aromatic carbocycles. The van der Waals surface area contributed by atoms with Crippen molar-refractivity contribution in [2.24, 2.45) is 0 Å². The van der Waals surface area contributed by atoms with Crippen LogP contribution in [-0.4, -0.2) is 26.3 Å². The summed E-state index contributed by atoms with van der Waals surface area (Å²) in [5, 5.41) is 3.48. The quantitative estimate of drug-likeness (QED) is 0.462. The van der Waals surface area contributed by atoms with Gasteiger partial charge >= 0.3 is 0 Å². The van der Waals surface area contributed by atoms with Gasteiger partial charge in [-0.05, 0) is 19.9 Å². The van der Waals surface area contributed by atoms with Gasteiger partial charge in [-0.1, -0.05) is 64.7 Å². The van der Waals surface area contributed by atoms with Crippen molar-refractivity contribution in [1.82, 2.24) is 5.32 Å². The number of rotatable bonds is 14. The zero-order valence-corrected chi connectivity index (χ0v) is 13.0. The zero-order chi connectivity index (χ0) is 13.5. The summed E-state index contributed by atoms with van der Waals surface area (Å²) in [5.74, 6) is 0. The fraction of sp³-hybridized carbons (Fsp3) is 1.00. The van der Waals surface area contributed by atoms with Crippen LogP contribution in [0.4, 0.5) is 0 Å². The van der Waals surface area contributed by atoms with Crippen molar-refractivity contribution in [3.63, 3.8) is 0 Å². The molecule has 0 rings (SSSR count). The second kappa shape index (κ2) is 15.0. The van der Waals surface area contributed by atoms with Crippen molar-refractivity contribution >= 4 is 0 Å². The summed E-state index contributed by atoms with van der Waals surface area (Å²) in [6, 6.07) is 0.494. The third-order valence-corrected chi connectivity index (χ3v) is 3.44. The first-order chi connectivity index (χ1) is 8.81. The maximum Gasteiger partial charge on any atom is 0.0613 e. The molecule has 0 aliphatic carbocycles. The third-order valence-electron chi connectivity index (χ3n) is 3.44. The van der Waals surface area contributed by atoms with Crippen molar-refractivity contribution in [2.75, 3.05) is 20.3 Å². The topological polar surface area (TPSA) is 21.3 Å². The highest BCUT2D eigenvalue weighted by Crippen LogP contribution is 2.10. The molecule has 0 aliphatic rings. The smallest absolute Gasteiger partial charge is 0.0613 e. The van der Waals surface area contributed by atoms with Crippen LogP contribution in [-0.2, 0) is 4.74 Å². The van der Waals surface area contributed by atoms with Crippen molar-refractivity contribution in [3.8, 4) is 0 Å². The summed E-state index contributed by atoms with van der Waals surface area (Å²) in [5.41, 5.74) is 0. The minimum atomic E-state index is 0.494. The lowest BCUT2D eigenvalue weighted by Gasteiger charge is -2.12. The Hall–Kier alpha value is -0.0800. The van der Waals surface area contributed by atoms with Crippen LogP contribution >= 0.6 is 0 Å². The van der Waals surface area contributed by atoms with Gasteiger partial charge in [0.25, 0.3) is 0 Å². The summed E-state index contributed by atoms with van der Waals surface area (Å²) in [7, 11) is 1.76. The van der Waals surface area contributed by atoms with E-state index in [-0.39, 0.29) is 0 Å². The summed E-state index contributed by atoms with van der Waals surface area (Å²) >= 11 is 0. The molecule has 1 N–H and O–H groups in total. The highest BCUT2D eigenvalue weighted by Gasteiger charge is 1.98. The summed E-state index contributed by atoms with van der Waals surface area (Å²) in [4.78, 5) is 0. The van der Waals surface area contributed by atoms with Gasteiger partial charge < -0.3 is 10.1 Å². The van der Waals surface area contributed by atoms with E-state index in [1.54, 1.807) is 7.11 Å². The Balaban J connectivity index is 2.98. The number of unbranched alkanes of at least 4 members (excludes halogenated alkanes) is 9. The number of methoxy groups -OCH3 is 1. The van der Waals surface area contributed by atoms with E-state index in [1.165, 1.54) is 64.2 Å². The molecule has 0 saturated carbocycles. The molecule has 0 amide bonds. The molecule has 0 aromatic heterocycles. The Morgan fingerprint density at radius 2 is 1.33 bits per heavy atom. The molecule has 1 unspecified atom stereocenters. The van der Waals surface area contributed by atoms with E-state index in [0.29, 0.717) is 6.04 Å². The lowest BCUT2D eigenvalue weighted by molar-refractivity contribution is 0.172. The van der Waals surface area contributed by atoms with Crippen LogP contribution in [0.25, 0.3) is 0 Å². The lowest BCUT2D eigenvalue weighted by Crippen LogP contribution is -2.30. The second-order valence-electron chi connectivity index (χ2n) is 5.49. The predicted octanol–water partition coefficient (Wildman–Crippen LogP) is 4.53. The number of hydrogen-bond acceptors (Lipinski definition) is 2. The van der Waals surface area contributed by atoms with Gasteiger partial charge in [0.2, 0.25) is 0 Å². The first-order valence-electron chi connectivity index (χ1n) is 8.03. The molecule has 2 heteroatoms. The van der Waals surface area contributed by atoms with E-state index in [0.717, 1.165) is 13.2 Å². The van der Waals surface area contributed by atoms with Gasteiger partial charge in [0.1, 0.15) is 0 Å². The number of nitrogens with one attached hydrogen (secondary N) is 1. The predicted molar refractivity (Wildman–Crippen MR) is 81.2 cm³/mol. The van der Waals surface area contributed by atoms with Crippen LogP contribution in [0.5, 0.6) is 0 Å². The summed E-state index contributed by atoms with van der Waals surface area (Å²) < 4.78 is 5.09. The van der Waals surface area contributed by atoms with Gasteiger partial charge in [-0.3, -0.25) is 0 Å². The lowest BCUT2D eigenvalue weighted by atomic mass is 10.1. The third kappa shape index (κ3) is 14.0. The Bertz CT molecular complexity index is 150. The second-order valence-corrected chi connectivity index (χ2v) is 5.49. The van der Waals surface area contributed by atoms with Gasteiger partial charge in [-0.25, -0.2) is 0 Å². The number of ether oxygens (including phenoxy) is 1. The molecule has 0 saturated heterocycles. The van der Waals surface area contributed by atoms with Crippen LogP contribution in [0, 0.1) is 0 Å². The van der Waals surface area contributed by atoms with Crippen molar-refractivity contribution in [2.45, 2.75) is 84.1 Å². The fourth-order valence-corrected chi connectivity index (χ4v) is 2.27. The number of hydrogen-bond donors (Lipinski definition) is 1. The molecule has 0 radical (unpaired) electrons. The first kappa shape index (κ1) is 17.9. The molecule has 2 nitrogen and oxygen atoms in total. The molecular formula is C16H35NO. The molecule has 0 aromatic rings. The minimum absolute atomic E-state index is 0.494. The standard InChI is InChI=1S/C16H35NO/c1-4-5-6-7-8-9-10-11-12-13-14-17-16(2)15-18-3/h16-17H,4-15H2,1-3H3. The van der Waals surface area contributed by atoms with Gasteiger partial charge in [-0.15, -0.1) is 0 Å². The van der Waals surface area contributed by atoms with Crippen LogP contribution in [0.2, 0.25) is 0 Å². The normalized spacial score (nSPS) is 12.8. The summed E-state index contributed by atoms with van der Waals surface area (Å²) in [6.45, 7) is 6.42. The Kier molecular flexibility index (Phi) is 14.9. The molecule has 110 valence electrons. The van der Waals surface area contributed by atoms with Gasteiger partial charge in [0.15, 0.2) is 0 Å². The van der Waals surface area contributed by atoms with Crippen LogP contribution in [0.15, 0.2) is 0 Å². The average molecular weight is 257 g/mol. The molecule has 1 atom stereocenters. The van der Waals surface area contributed by atoms with Gasteiger partial charge in [0.05, 0.1) is 6.61 Å². The van der Waals surface area contributed by atoms with Crippen molar-refractivity contribution in [1.29, 1.82) is 0 Å².